The van der Waals surface area contributed by atoms with Gasteiger partial charge in [0.1, 0.15) is 24.8 Å². The van der Waals surface area contributed by atoms with Gasteiger partial charge in [0, 0.05) is 5.33 Å². The first-order valence-electron chi connectivity index (χ1n) is 13.5. The van der Waals surface area contributed by atoms with Gasteiger partial charge >= 0.3 is 138 Å². The molecule has 0 aliphatic rings. The SMILES string of the molecule is C.Cc1nc2cc(-c3ccc(O)cc3)ccc2s1.Cc1nc2cc(-c3ccc(OCCF)cc3)ccc2s1.FCCBr.O=CO[O-].[Cs+].[Cs+].[H-]. The number of benzene rings is 4. The van der Waals surface area contributed by atoms with E-state index in [0.29, 0.717) is 16.8 Å². The molecule has 0 amide bonds. The summed E-state index contributed by atoms with van der Waals surface area (Å²) in [4.78, 5) is 20.2. The molecule has 0 aliphatic carbocycles. The Hall–Kier alpha value is 0.134. The quantitative estimate of drug-likeness (QED) is 0.114. The first-order valence-corrected chi connectivity index (χ1v) is 16.2. The number of thiazole rings is 2. The van der Waals surface area contributed by atoms with Crippen molar-refractivity contribution in [2.75, 3.05) is 25.3 Å². The average molecular weight is 1000 g/mol. The largest absolute Gasteiger partial charge is 1.00 e. The maximum Gasteiger partial charge on any atom is 1.00 e. The number of hydrogen-bond donors (Lipinski definition) is 1. The summed E-state index contributed by atoms with van der Waals surface area (Å²) in [6, 6.07) is 27.5. The monoisotopic (exact) mass is 998 g/mol. The number of aromatic hydroxyl groups is 1. The number of ether oxygens (including phenoxy) is 1. The van der Waals surface area contributed by atoms with E-state index in [0.717, 1.165) is 43.3 Å². The number of halogens is 3. The molecule has 7 nitrogen and oxygen atoms in total. The first kappa shape index (κ1) is 48.1. The minimum atomic E-state index is -0.471. The Balaban J connectivity index is 0. The van der Waals surface area contributed by atoms with Crippen LogP contribution in [-0.2, 0) is 9.68 Å². The van der Waals surface area contributed by atoms with Crippen molar-refractivity contribution < 1.29 is 173 Å². The topological polar surface area (TPSA) is 105 Å². The van der Waals surface area contributed by atoms with Gasteiger partial charge in [-0.1, -0.05) is 59.8 Å². The number of aryl methyl sites for hydroxylation is 2. The summed E-state index contributed by atoms with van der Waals surface area (Å²) in [5.41, 5.74) is 6.52. The van der Waals surface area contributed by atoms with Crippen molar-refractivity contribution in [2.24, 2.45) is 0 Å². The summed E-state index contributed by atoms with van der Waals surface area (Å²) >= 11 is 6.28. The molecule has 0 radical (unpaired) electrons. The van der Waals surface area contributed by atoms with Gasteiger partial charge in [0.25, 0.3) is 6.47 Å². The van der Waals surface area contributed by atoms with Gasteiger partial charge in [0.2, 0.25) is 0 Å². The molecule has 0 spiro atoms. The van der Waals surface area contributed by atoms with Crippen molar-refractivity contribution in [3.05, 3.63) is 94.9 Å². The van der Waals surface area contributed by atoms with Crippen molar-refractivity contribution in [2.45, 2.75) is 21.3 Å². The van der Waals surface area contributed by atoms with Crippen molar-refractivity contribution in [1.29, 1.82) is 0 Å². The van der Waals surface area contributed by atoms with Crippen LogP contribution in [0.5, 0.6) is 11.5 Å². The van der Waals surface area contributed by atoms with Crippen LogP contribution in [-0.4, -0.2) is 46.8 Å². The minimum Gasteiger partial charge on any atom is -1.00 e. The number of carbonyl (C=O) groups excluding carboxylic acids is 1. The van der Waals surface area contributed by atoms with Crippen molar-refractivity contribution in [1.82, 2.24) is 9.97 Å². The van der Waals surface area contributed by atoms with Crippen LogP contribution in [0.15, 0.2) is 84.9 Å². The first-order chi connectivity index (χ1) is 21.8. The van der Waals surface area contributed by atoms with Gasteiger partial charge in [-0.3, -0.25) is 9.18 Å². The van der Waals surface area contributed by atoms with Crippen molar-refractivity contribution >= 4 is 65.5 Å². The fourth-order valence-electron chi connectivity index (χ4n) is 4.00. The Labute approximate surface area is 415 Å². The predicted octanol–water partition coefficient (Wildman–Crippen LogP) is 3.14. The predicted molar refractivity (Wildman–Crippen MR) is 187 cm³/mol. The second-order valence-electron chi connectivity index (χ2n) is 9.01. The second-order valence-corrected chi connectivity index (χ2v) is 12.3. The van der Waals surface area contributed by atoms with Crippen LogP contribution in [0.1, 0.15) is 18.9 Å². The molecule has 0 bridgehead atoms. The van der Waals surface area contributed by atoms with Gasteiger partial charge in [-0.2, -0.15) is 0 Å². The number of rotatable bonds is 7. The summed E-state index contributed by atoms with van der Waals surface area (Å²) in [5.74, 6) is 0.983. The molecule has 48 heavy (non-hydrogen) atoms. The summed E-state index contributed by atoms with van der Waals surface area (Å²) in [7, 11) is 0. The van der Waals surface area contributed by atoms with Gasteiger partial charge in [-0.05, 0) is 84.6 Å². The van der Waals surface area contributed by atoms with E-state index in [1.165, 1.54) is 9.40 Å². The zero-order valence-corrected chi connectivity index (χ0v) is 42.2. The standard InChI is InChI=1S/C16H14FNOS.C14H11NOS.C2H4BrF.CH2O3.CH4.2Cs.H/c1-11-18-15-10-13(4-7-16(15)20-11)12-2-5-14(6-3-12)19-9-8-17;1-9-15-13-8-11(4-7-14(13)17-9)10-2-5-12(16)6-3-10;3-1-2-4;2-1-4-3;;;;/h2-7,10H,8-9H2,1H3;2-8,16H,1H3;1-2H2;1,3H;1H4;;;/q;;;;;2*+1;-1/p-1. The Kier molecular flexibility index (Phi) is 26.9. The van der Waals surface area contributed by atoms with E-state index in [9.17, 15) is 13.9 Å². The van der Waals surface area contributed by atoms with E-state index in [1.807, 2.05) is 50.2 Å². The van der Waals surface area contributed by atoms with Gasteiger partial charge in [-0.15, -0.1) is 22.7 Å². The number of alkyl halides is 3. The molecule has 14 heteroatoms. The van der Waals surface area contributed by atoms with E-state index < -0.39 is 6.67 Å². The number of aromatic nitrogens is 2. The zero-order chi connectivity index (χ0) is 32.6. The van der Waals surface area contributed by atoms with E-state index in [1.54, 1.807) is 34.8 Å². The Morgan fingerprint density at radius 3 is 1.56 bits per heavy atom. The second kappa shape index (κ2) is 26.8. The van der Waals surface area contributed by atoms with Gasteiger partial charge in [-0.25, -0.2) is 14.4 Å². The number of fused-ring (bicyclic) bond motifs is 2. The number of nitrogens with zero attached hydrogens (tertiary/aromatic N) is 2. The zero-order valence-electron chi connectivity index (χ0n) is 27.4. The van der Waals surface area contributed by atoms with Gasteiger partial charge in [0.15, 0.2) is 0 Å². The molecule has 2 aromatic heterocycles. The Morgan fingerprint density at radius 2 is 1.19 bits per heavy atom. The molecule has 0 saturated carbocycles. The average Bonchev–Trinajstić information content (AvgIpc) is 3.64. The molecule has 4 aromatic carbocycles. The van der Waals surface area contributed by atoms with Crippen LogP contribution >= 0.6 is 38.6 Å². The van der Waals surface area contributed by atoms with Gasteiger partial charge in [0.05, 0.1) is 37.1 Å². The third kappa shape index (κ3) is 16.2. The number of carbonyl (C=O) groups is 1. The van der Waals surface area contributed by atoms with E-state index in [2.05, 4.69) is 67.2 Å². The molecule has 6 aromatic rings. The Bertz CT molecular complexity index is 1780. The fourth-order valence-corrected chi connectivity index (χ4v) is 5.61. The molecule has 1 N–H and O–H groups in total. The van der Waals surface area contributed by atoms with Gasteiger partial charge < -0.3 is 21.4 Å². The molecule has 0 atom stereocenters. The normalized spacial score (nSPS) is 9.46. The van der Waals surface area contributed by atoms with Crippen LogP contribution in [0.2, 0.25) is 0 Å². The molecule has 0 fully saturated rings. The van der Waals surface area contributed by atoms with Crippen LogP contribution in [0.4, 0.5) is 8.78 Å². The molecule has 2 heterocycles. The molecule has 0 unspecified atom stereocenters. The van der Waals surface area contributed by atoms with Crippen LogP contribution in [0.25, 0.3) is 42.7 Å². The van der Waals surface area contributed by atoms with E-state index >= 15 is 0 Å². The maximum atomic E-state index is 12.0. The summed E-state index contributed by atoms with van der Waals surface area (Å²) in [6.07, 6.45) is 0. The number of phenolic OH excluding ortho intramolecular Hbond substituents is 1. The molecular formula is C34H35BrCs2F2N2O5S2. The molecule has 246 valence electrons. The van der Waals surface area contributed by atoms with Crippen LogP contribution < -0.4 is 148 Å². The summed E-state index contributed by atoms with van der Waals surface area (Å²) in [6.45, 7) is 3.22. The summed E-state index contributed by atoms with van der Waals surface area (Å²) in [5, 5.41) is 20.3. The number of hydrogen-bond acceptors (Lipinski definition) is 9. The van der Waals surface area contributed by atoms with Crippen molar-refractivity contribution in [3.63, 3.8) is 0 Å². The third-order valence-electron chi connectivity index (χ3n) is 5.83. The maximum absolute atomic E-state index is 12.0. The minimum absolute atomic E-state index is 0. The Morgan fingerprint density at radius 1 is 0.792 bits per heavy atom. The number of phenols is 1. The summed E-state index contributed by atoms with van der Waals surface area (Å²) < 4.78 is 30.4. The molecule has 0 aliphatic heterocycles. The fraction of sp³-hybridized carbons (Fsp3) is 0.206. The molecule has 6 rings (SSSR count). The molecular weight excluding hydrogens is 964 g/mol. The van der Waals surface area contributed by atoms with E-state index in [-0.39, 0.29) is 166 Å². The molecule has 0 saturated heterocycles. The van der Waals surface area contributed by atoms with Crippen LogP contribution in [0, 0.1) is 13.8 Å². The smallest absolute Gasteiger partial charge is 1.00 e. The van der Waals surface area contributed by atoms with Crippen LogP contribution in [0.3, 0.4) is 0 Å². The van der Waals surface area contributed by atoms with Crippen molar-refractivity contribution in [3.8, 4) is 33.8 Å². The van der Waals surface area contributed by atoms with E-state index in [4.69, 9.17) is 14.8 Å². The third-order valence-corrected chi connectivity index (χ3v) is 8.04.